The number of carbonyl (C=O) groups is 1. The Hall–Kier alpha value is -1.79. The zero-order valence-electron chi connectivity index (χ0n) is 14.7. The summed E-state index contributed by atoms with van der Waals surface area (Å²) in [7, 11) is 0. The highest BCUT2D eigenvalue weighted by Crippen LogP contribution is 2.32. The van der Waals surface area contributed by atoms with Gasteiger partial charge in [-0.15, -0.1) is 0 Å². The minimum Gasteiger partial charge on any atom is -0.454 e. The van der Waals surface area contributed by atoms with E-state index in [1.54, 1.807) is 0 Å². The summed E-state index contributed by atoms with van der Waals surface area (Å²) in [5.41, 5.74) is 1.02. The van der Waals surface area contributed by atoms with Crippen molar-refractivity contribution in [1.82, 2.24) is 15.1 Å². The van der Waals surface area contributed by atoms with E-state index < -0.39 is 0 Å². The molecule has 0 radical (unpaired) electrons. The van der Waals surface area contributed by atoms with E-state index in [-0.39, 0.29) is 18.7 Å². The molecule has 6 heteroatoms. The van der Waals surface area contributed by atoms with Gasteiger partial charge in [0.1, 0.15) is 0 Å². The van der Waals surface area contributed by atoms with Crippen LogP contribution in [-0.2, 0) is 11.3 Å². The van der Waals surface area contributed by atoms with E-state index in [4.69, 9.17) is 9.47 Å². The minimum absolute atomic E-state index is 0.0747. The monoisotopic (exact) mass is 333 g/mol. The van der Waals surface area contributed by atoms with Gasteiger partial charge in [0.15, 0.2) is 11.5 Å². The molecule has 24 heavy (non-hydrogen) atoms. The summed E-state index contributed by atoms with van der Waals surface area (Å²) in [6.45, 7) is 11.1. The maximum absolute atomic E-state index is 12.4. The third-order valence-electron chi connectivity index (χ3n) is 4.91. The van der Waals surface area contributed by atoms with Crippen LogP contribution in [-0.4, -0.2) is 60.8 Å². The summed E-state index contributed by atoms with van der Waals surface area (Å²) in [4.78, 5) is 17.2. The van der Waals surface area contributed by atoms with Crippen molar-refractivity contribution in [3.05, 3.63) is 23.8 Å². The van der Waals surface area contributed by atoms with E-state index in [1.807, 2.05) is 25.1 Å². The molecule has 0 saturated carbocycles. The van der Waals surface area contributed by atoms with Crippen LogP contribution < -0.4 is 14.8 Å². The Morgan fingerprint density at radius 3 is 2.46 bits per heavy atom. The second-order valence-electron chi connectivity index (χ2n) is 6.75. The summed E-state index contributed by atoms with van der Waals surface area (Å²) in [5, 5.41) is 3.03. The zero-order chi connectivity index (χ0) is 17.1. The van der Waals surface area contributed by atoms with E-state index in [9.17, 15) is 4.79 Å². The normalized spacial score (nSPS) is 19.5. The van der Waals surface area contributed by atoms with Gasteiger partial charge in [0.2, 0.25) is 12.7 Å². The zero-order valence-corrected chi connectivity index (χ0v) is 14.7. The summed E-state index contributed by atoms with van der Waals surface area (Å²) in [6.07, 6.45) is 0. The van der Waals surface area contributed by atoms with Crippen molar-refractivity contribution in [1.29, 1.82) is 0 Å². The summed E-state index contributed by atoms with van der Waals surface area (Å²) < 4.78 is 10.7. The first-order valence-electron chi connectivity index (χ1n) is 8.69. The number of rotatable bonds is 5. The Bertz CT molecular complexity index is 583. The molecule has 2 aliphatic rings. The van der Waals surface area contributed by atoms with Gasteiger partial charge < -0.3 is 14.8 Å². The lowest BCUT2D eigenvalue weighted by Gasteiger charge is -2.39. The first kappa shape index (κ1) is 17.0. The molecule has 0 spiro atoms. The molecule has 1 N–H and O–H groups in total. The van der Waals surface area contributed by atoms with Crippen LogP contribution in [0.15, 0.2) is 18.2 Å². The summed E-state index contributed by atoms with van der Waals surface area (Å²) >= 11 is 0. The third-order valence-corrected chi connectivity index (χ3v) is 4.91. The molecule has 3 rings (SSSR count). The van der Waals surface area contributed by atoms with E-state index in [2.05, 4.69) is 29.0 Å². The van der Waals surface area contributed by atoms with Crippen molar-refractivity contribution in [2.75, 3.05) is 33.0 Å². The van der Waals surface area contributed by atoms with Crippen LogP contribution in [0.2, 0.25) is 0 Å². The molecule has 1 amide bonds. The highest BCUT2D eigenvalue weighted by Gasteiger charge is 2.26. The number of nitrogens with one attached hydrogen (secondary N) is 1. The number of ether oxygens (including phenoxy) is 2. The Morgan fingerprint density at radius 2 is 1.75 bits per heavy atom. The predicted molar refractivity (Wildman–Crippen MR) is 92.2 cm³/mol. The van der Waals surface area contributed by atoms with Gasteiger partial charge in [-0.1, -0.05) is 6.07 Å². The number of benzene rings is 1. The molecule has 1 fully saturated rings. The highest BCUT2D eigenvalue weighted by molar-refractivity contribution is 5.81. The van der Waals surface area contributed by atoms with Crippen LogP contribution in [0.1, 0.15) is 26.3 Å². The fraction of sp³-hybridized carbons (Fsp3) is 0.611. The fourth-order valence-corrected chi connectivity index (χ4v) is 3.19. The van der Waals surface area contributed by atoms with Gasteiger partial charge in [-0.3, -0.25) is 14.6 Å². The number of fused-ring (bicyclic) bond motifs is 1. The van der Waals surface area contributed by atoms with E-state index in [0.29, 0.717) is 12.6 Å². The fourth-order valence-electron chi connectivity index (χ4n) is 3.19. The summed E-state index contributed by atoms with van der Waals surface area (Å²) in [5.74, 6) is 1.59. The molecule has 0 aliphatic carbocycles. The molecule has 0 aromatic heterocycles. The molecule has 1 aromatic carbocycles. The average molecular weight is 333 g/mol. The minimum atomic E-state index is -0.103. The number of carbonyl (C=O) groups excluding carboxylic acids is 1. The lowest BCUT2D eigenvalue weighted by atomic mass is 10.1. The Kier molecular flexibility index (Phi) is 5.26. The number of hydrogen-bond acceptors (Lipinski definition) is 5. The van der Waals surface area contributed by atoms with Gasteiger partial charge >= 0.3 is 0 Å². The Labute approximate surface area is 143 Å². The van der Waals surface area contributed by atoms with Crippen molar-refractivity contribution < 1.29 is 14.3 Å². The van der Waals surface area contributed by atoms with Crippen molar-refractivity contribution in [2.45, 2.75) is 39.4 Å². The van der Waals surface area contributed by atoms with Gasteiger partial charge in [0, 0.05) is 38.8 Å². The van der Waals surface area contributed by atoms with Crippen molar-refractivity contribution in [3.8, 4) is 11.5 Å². The van der Waals surface area contributed by atoms with Crippen LogP contribution >= 0.6 is 0 Å². The van der Waals surface area contributed by atoms with E-state index in [1.165, 1.54) is 0 Å². The maximum Gasteiger partial charge on any atom is 0.237 e. The quantitative estimate of drug-likeness (QED) is 0.884. The molecule has 0 bridgehead atoms. The van der Waals surface area contributed by atoms with Crippen LogP contribution in [0.4, 0.5) is 0 Å². The molecule has 1 aromatic rings. The highest BCUT2D eigenvalue weighted by atomic mass is 16.7. The lowest BCUT2D eigenvalue weighted by molar-refractivity contribution is -0.126. The molecular weight excluding hydrogens is 306 g/mol. The molecule has 132 valence electrons. The number of hydrogen-bond donors (Lipinski definition) is 1. The van der Waals surface area contributed by atoms with Gasteiger partial charge in [-0.05, 0) is 38.5 Å². The Balaban J connectivity index is 1.48. The van der Waals surface area contributed by atoms with Crippen molar-refractivity contribution in [3.63, 3.8) is 0 Å². The molecule has 1 atom stereocenters. The Morgan fingerprint density at radius 1 is 1.08 bits per heavy atom. The molecule has 1 saturated heterocycles. The standard InChI is InChI=1S/C18H27N3O3/c1-13(2)20-6-8-21(9-7-20)14(3)18(22)19-11-15-4-5-16-17(10-15)24-12-23-16/h4-5,10,13-14H,6-9,11-12H2,1-3H3,(H,19,22). The SMILES string of the molecule is CC(C)N1CCN(C(C)C(=O)NCc2ccc3c(c2)OCO3)CC1. The lowest BCUT2D eigenvalue weighted by Crippen LogP contribution is -2.54. The topological polar surface area (TPSA) is 54.0 Å². The predicted octanol–water partition coefficient (Wildman–Crippen LogP) is 1.45. The van der Waals surface area contributed by atoms with Crippen LogP contribution in [0.3, 0.4) is 0 Å². The number of nitrogens with zero attached hydrogens (tertiary/aromatic N) is 2. The van der Waals surface area contributed by atoms with Crippen molar-refractivity contribution in [2.24, 2.45) is 0 Å². The third kappa shape index (κ3) is 3.82. The van der Waals surface area contributed by atoms with Gasteiger partial charge in [0.25, 0.3) is 0 Å². The molecule has 1 unspecified atom stereocenters. The first-order chi connectivity index (χ1) is 11.5. The second kappa shape index (κ2) is 7.40. The largest absolute Gasteiger partial charge is 0.454 e. The molecule has 2 aliphatic heterocycles. The second-order valence-corrected chi connectivity index (χ2v) is 6.75. The molecule has 2 heterocycles. The van der Waals surface area contributed by atoms with Gasteiger partial charge in [0.05, 0.1) is 6.04 Å². The smallest absolute Gasteiger partial charge is 0.237 e. The molecular formula is C18H27N3O3. The average Bonchev–Trinajstić information content (AvgIpc) is 3.06. The van der Waals surface area contributed by atoms with Gasteiger partial charge in [-0.25, -0.2) is 0 Å². The van der Waals surface area contributed by atoms with Gasteiger partial charge in [-0.2, -0.15) is 0 Å². The van der Waals surface area contributed by atoms with E-state index >= 15 is 0 Å². The van der Waals surface area contributed by atoms with Crippen LogP contribution in [0.25, 0.3) is 0 Å². The van der Waals surface area contributed by atoms with Crippen molar-refractivity contribution >= 4 is 5.91 Å². The van der Waals surface area contributed by atoms with Crippen LogP contribution in [0.5, 0.6) is 11.5 Å². The first-order valence-corrected chi connectivity index (χ1v) is 8.69. The van der Waals surface area contributed by atoms with E-state index in [0.717, 1.165) is 43.2 Å². The number of amides is 1. The number of piperazine rings is 1. The summed E-state index contributed by atoms with van der Waals surface area (Å²) in [6, 6.07) is 6.24. The van der Waals surface area contributed by atoms with Crippen LogP contribution in [0, 0.1) is 0 Å². The molecule has 6 nitrogen and oxygen atoms in total. The maximum atomic E-state index is 12.4.